The summed E-state index contributed by atoms with van der Waals surface area (Å²) in [6, 6.07) is 14.7. The number of nitrogens with zero attached hydrogens (tertiary/aromatic N) is 2. The molecule has 2 heterocycles. The first-order valence-electron chi connectivity index (χ1n) is 9.15. The van der Waals surface area contributed by atoms with Crippen LogP contribution in [-0.2, 0) is 6.54 Å². The summed E-state index contributed by atoms with van der Waals surface area (Å²) >= 11 is 0. The molecule has 7 heteroatoms. The molecule has 2 aromatic heterocycles. The van der Waals surface area contributed by atoms with Gasteiger partial charge in [0.15, 0.2) is 0 Å². The minimum Gasteiger partial charge on any atom is -0.341 e. The minimum absolute atomic E-state index is 0.0464. The van der Waals surface area contributed by atoms with Crippen LogP contribution in [0.3, 0.4) is 0 Å². The zero-order chi connectivity index (χ0) is 21.1. The van der Waals surface area contributed by atoms with Crippen molar-refractivity contribution in [2.24, 2.45) is 0 Å². The van der Waals surface area contributed by atoms with Crippen LogP contribution in [0.1, 0.15) is 27.2 Å². The average Bonchev–Trinajstić information content (AvgIpc) is 3.11. The molecule has 0 fully saturated rings. The molecule has 0 aliphatic carbocycles. The van der Waals surface area contributed by atoms with Gasteiger partial charge in [-0.1, -0.05) is 48.6 Å². The lowest BCUT2D eigenvalue weighted by Gasteiger charge is -2.07. The summed E-state index contributed by atoms with van der Waals surface area (Å²) in [5.74, 6) is -2.00. The van der Waals surface area contributed by atoms with Crippen molar-refractivity contribution in [3.63, 3.8) is 0 Å². The van der Waals surface area contributed by atoms with Gasteiger partial charge in [-0.05, 0) is 17.7 Å². The van der Waals surface area contributed by atoms with Crippen LogP contribution in [-0.4, -0.2) is 20.7 Å². The number of halogens is 2. The number of hydrogen-bond acceptors (Lipinski definition) is 3. The van der Waals surface area contributed by atoms with E-state index in [2.05, 4.69) is 4.98 Å². The number of carbonyl (C=O) groups is 1. The van der Waals surface area contributed by atoms with Gasteiger partial charge < -0.3 is 4.57 Å². The lowest BCUT2D eigenvalue weighted by molar-refractivity contribution is 0.0701. The molecule has 0 unspecified atom stereocenters. The zero-order valence-electron chi connectivity index (χ0n) is 15.7. The standard InChI is InChI=1S/C23H17F2N3O2/c24-18-9-8-17(20(25)10-18)14-28-13-16(7-6-15-4-2-1-3-5-15)19-11-21(23(29)27-30)26-12-22(19)28/h1-13,30H,14H2,(H,27,29)/b7-6+. The van der Waals surface area contributed by atoms with E-state index in [1.807, 2.05) is 48.7 Å². The molecule has 2 aromatic carbocycles. The third-order valence-corrected chi connectivity index (χ3v) is 4.74. The van der Waals surface area contributed by atoms with Crippen LogP contribution in [0.25, 0.3) is 23.1 Å². The van der Waals surface area contributed by atoms with Gasteiger partial charge in [0, 0.05) is 28.8 Å². The van der Waals surface area contributed by atoms with E-state index in [1.165, 1.54) is 18.3 Å². The summed E-state index contributed by atoms with van der Waals surface area (Å²) in [7, 11) is 0. The van der Waals surface area contributed by atoms with Crippen molar-refractivity contribution in [3.8, 4) is 0 Å². The van der Waals surface area contributed by atoms with Crippen molar-refractivity contribution >= 4 is 29.0 Å². The van der Waals surface area contributed by atoms with Gasteiger partial charge in [-0.2, -0.15) is 0 Å². The third kappa shape index (κ3) is 3.97. The number of hydroxylamine groups is 1. The highest BCUT2D eigenvalue weighted by Crippen LogP contribution is 2.25. The number of aromatic nitrogens is 2. The van der Waals surface area contributed by atoms with Crippen molar-refractivity contribution in [1.82, 2.24) is 15.0 Å². The lowest BCUT2D eigenvalue weighted by atomic mass is 10.1. The normalized spacial score (nSPS) is 11.3. The predicted molar refractivity (Wildman–Crippen MR) is 110 cm³/mol. The molecule has 0 spiro atoms. The van der Waals surface area contributed by atoms with Crippen molar-refractivity contribution in [1.29, 1.82) is 0 Å². The Kier molecular flexibility index (Phi) is 5.36. The second-order valence-electron chi connectivity index (χ2n) is 6.72. The first-order valence-corrected chi connectivity index (χ1v) is 9.15. The van der Waals surface area contributed by atoms with Gasteiger partial charge in [0.05, 0.1) is 18.3 Å². The Morgan fingerprint density at radius 2 is 1.90 bits per heavy atom. The highest BCUT2D eigenvalue weighted by Gasteiger charge is 2.14. The molecule has 0 atom stereocenters. The molecule has 30 heavy (non-hydrogen) atoms. The lowest BCUT2D eigenvalue weighted by Crippen LogP contribution is -2.19. The fourth-order valence-electron chi connectivity index (χ4n) is 3.24. The Labute approximate surface area is 170 Å². The summed E-state index contributed by atoms with van der Waals surface area (Å²) in [5.41, 5.74) is 4.38. The van der Waals surface area contributed by atoms with Crippen LogP contribution >= 0.6 is 0 Å². The largest absolute Gasteiger partial charge is 0.341 e. The summed E-state index contributed by atoms with van der Waals surface area (Å²) in [5, 5.41) is 9.61. The number of carbonyl (C=O) groups excluding carboxylic acids is 1. The van der Waals surface area contributed by atoms with Gasteiger partial charge in [0.25, 0.3) is 5.91 Å². The van der Waals surface area contributed by atoms with E-state index in [1.54, 1.807) is 16.1 Å². The van der Waals surface area contributed by atoms with E-state index < -0.39 is 17.5 Å². The molecule has 4 rings (SSSR count). The number of hydrogen-bond donors (Lipinski definition) is 2. The van der Waals surface area contributed by atoms with Gasteiger partial charge in [0.1, 0.15) is 17.3 Å². The van der Waals surface area contributed by atoms with E-state index in [0.29, 0.717) is 16.5 Å². The molecule has 1 amide bonds. The van der Waals surface area contributed by atoms with Crippen LogP contribution < -0.4 is 5.48 Å². The van der Waals surface area contributed by atoms with Gasteiger partial charge in [-0.3, -0.25) is 10.0 Å². The molecule has 5 nitrogen and oxygen atoms in total. The van der Waals surface area contributed by atoms with E-state index in [-0.39, 0.29) is 12.2 Å². The van der Waals surface area contributed by atoms with Crippen molar-refractivity contribution in [2.45, 2.75) is 6.54 Å². The Morgan fingerprint density at radius 3 is 2.63 bits per heavy atom. The molecule has 0 saturated heterocycles. The van der Waals surface area contributed by atoms with Crippen LogP contribution in [0, 0.1) is 11.6 Å². The van der Waals surface area contributed by atoms with Crippen LogP contribution in [0.15, 0.2) is 67.0 Å². The predicted octanol–water partition coefficient (Wildman–Crippen LogP) is 4.65. The van der Waals surface area contributed by atoms with Gasteiger partial charge in [0.2, 0.25) is 0 Å². The number of rotatable bonds is 5. The fourth-order valence-corrected chi connectivity index (χ4v) is 3.24. The van der Waals surface area contributed by atoms with Gasteiger partial charge >= 0.3 is 0 Å². The Hall–Kier alpha value is -3.84. The average molecular weight is 405 g/mol. The Bertz CT molecular complexity index is 1250. The smallest absolute Gasteiger partial charge is 0.293 e. The molecular formula is C23H17F2N3O2. The molecule has 150 valence electrons. The second-order valence-corrected chi connectivity index (χ2v) is 6.72. The number of nitrogens with one attached hydrogen (secondary N) is 1. The molecule has 0 saturated carbocycles. The maximum absolute atomic E-state index is 14.2. The van der Waals surface area contributed by atoms with E-state index in [0.717, 1.165) is 17.2 Å². The summed E-state index contributed by atoms with van der Waals surface area (Å²) in [6.45, 7) is 0.162. The van der Waals surface area contributed by atoms with Crippen molar-refractivity contribution < 1.29 is 18.8 Å². The maximum Gasteiger partial charge on any atom is 0.293 e. The number of amides is 1. The van der Waals surface area contributed by atoms with E-state index in [9.17, 15) is 13.6 Å². The molecule has 0 radical (unpaired) electrons. The fraction of sp³-hybridized carbons (Fsp3) is 0.0435. The van der Waals surface area contributed by atoms with Crippen LogP contribution in [0.4, 0.5) is 8.78 Å². The SMILES string of the molecule is O=C(NO)c1cc2c(/C=C/c3ccccc3)cn(Cc3ccc(F)cc3F)c2cn1. The topological polar surface area (TPSA) is 67.2 Å². The number of benzene rings is 2. The number of fused-ring (bicyclic) bond motifs is 1. The second kappa shape index (κ2) is 8.26. The number of pyridine rings is 1. The molecule has 0 bridgehead atoms. The van der Waals surface area contributed by atoms with Gasteiger partial charge in [-0.15, -0.1) is 0 Å². The zero-order valence-corrected chi connectivity index (χ0v) is 15.7. The first kappa shape index (κ1) is 19.5. The quantitative estimate of drug-likeness (QED) is 0.375. The Balaban J connectivity index is 1.80. The molecular weight excluding hydrogens is 388 g/mol. The monoisotopic (exact) mass is 405 g/mol. The van der Waals surface area contributed by atoms with E-state index >= 15 is 0 Å². The molecule has 0 aliphatic heterocycles. The molecule has 4 aromatic rings. The highest BCUT2D eigenvalue weighted by atomic mass is 19.1. The maximum atomic E-state index is 14.2. The first-order chi connectivity index (χ1) is 14.5. The van der Waals surface area contributed by atoms with Crippen LogP contribution in [0.2, 0.25) is 0 Å². The third-order valence-electron chi connectivity index (χ3n) is 4.74. The summed E-state index contributed by atoms with van der Waals surface area (Å²) in [6.07, 6.45) is 7.11. The summed E-state index contributed by atoms with van der Waals surface area (Å²) < 4.78 is 29.2. The van der Waals surface area contributed by atoms with Gasteiger partial charge in [-0.25, -0.2) is 19.2 Å². The minimum atomic E-state index is -0.729. The van der Waals surface area contributed by atoms with Crippen LogP contribution in [0.5, 0.6) is 0 Å². The molecule has 0 aliphatic rings. The highest BCUT2D eigenvalue weighted by molar-refractivity contribution is 5.98. The van der Waals surface area contributed by atoms with Crippen molar-refractivity contribution in [2.75, 3.05) is 0 Å². The van der Waals surface area contributed by atoms with E-state index in [4.69, 9.17) is 5.21 Å². The molecule has 2 N–H and O–H groups in total. The Morgan fingerprint density at radius 1 is 1.10 bits per heavy atom. The summed E-state index contributed by atoms with van der Waals surface area (Å²) in [4.78, 5) is 15.9. The van der Waals surface area contributed by atoms with Crippen molar-refractivity contribution in [3.05, 3.63) is 101 Å².